The third-order valence-corrected chi connectivity index (χ3v) is 6.93. The molecule has 1 heterocycles. The monoisotopic (exact) mass is 459 g/mol. The lowest BCUT2D eigenvalue weighted by Gasteiger charge is -2.19. The fraction of sp³-hybridized carbons (Fsp3) is 0.391. The van der Waals surface area contributed by atoms with E-state index in [0.29, 0.717) is 11.4 Å². The van der Waals surface area contributed by atoms with Gasteiger partial charge in [0.2, 0.25) is 14.9 Å². The Morgan fingerprint density at radius 3 is 2.31 bits per heavy atom. The molecule has 0 aliphatic rings. The zero-order chi connectivity index (χ0) is 23.7. The first-order valence-corrected chi connectivity index (χ1v) is 11.6. The van der Waals surface area contributed by atoms with Crippen LogP contribution in [0.3, 0.4) is 0 Å². The molecule has 0 radical (unpaired) electrons. The van der Waals surface area contributed by atoms with E-state index in [2.05, 4.69) is 31.1 Å². The first-order valence-electron chi connectivity index (χ1n) is 10.1. The summed E-state index contributed by atoms with van der Waals surface area (Å²) >= 11 is 0. The first-order chi connectivity index (χ1) is 15.0. The van der Waals surface area contributed by atoms with Crippen molar-refractivity contribution < 1.29 is 23.0 Å². The van der Waals surface area contributed by atoms with Gasteiger partial charge in [0.1, 0.15) is 11.4 Å². The Morgan fingerprint density at radius 2 is 1.75 bits per heavy atom. The lowest BCUT2D eigenvalue weighted by Crippen LogP contribution is -2.18. The van der Waals surface area contributed by atoms with Crippen molar-refractivity contribution in [2.45, 2.75) is 55.7 Å². The molecule has 2 aromatic carbocycles. The topological polar surface area (TPSA) is 104 Å². The Balaban J connectivity index is 2.18. The third kappa shape index (κ3) is 4.69. The van der Waals surface area contributed by atoms with Crippen molar-refractivity contribution in [3.05, 3.63) is 59.3 Å². The molecule has 8 nitrogen and oxygen atoms in total. The summed E-state index contributed by atoms with van der Waals surface area (Å²) < 4.78 is 38.8. The van der Waals surface area contributed by atoms with E-state index in [1.165, 1.54) is 18.9 Å². The van der Waals surface area contributed by atoms with Crippen LogP contribution in [-0.2, 0) is 26.4 Å². The van der Waals surface area contributed by atoms with Crippen LogP contribution in [0.1, 0.15) is 37.6 Å². The van der Waals surface area contributed by atoms with Crippen LogP contribution >= 0.6 is 0 Å². The van der Waals surface area contributed by atoms with E-state index in [1.54, 1.807) is 30.3 Å². The Labute approximate surface area is 188 Å². The van der Waals surface area contributed by atoms with Crippen molar-refractivity contribution in [2.24, 2.45) is 0 Å². The molecule has 3 rings (SSSR count). The van der Waals surface area contributed by atoms with Gasteiger partial charge in [-0.15, -0.1) is 5.10 Å². The zero-order valence-electron chi connectivity index (χ0n) is 19.2. The summed E-state index contributed by atoms with van der Waals surface area (Å²) in [7, 11) is -1.15. The predicted molar refractivity (Wildman–Crippen MR) is 120 cm³/mol. The standard InChI is InChI=1S/C23H29N3O5S/c1-15-7-12-20(30-5)18(13-15)26-19(14-21(27)31-6)22(24-25-26)32(28,29)17-10-8-16(9-11-17)23(2,3)4/h7-13,21,27H,14H2,1-6H3. The minimum absolute atomic E-state index is 0.0990. The van der Waals surface area contributed by atoms with Gasteiger partial charge < -0.3 is 14.6 Å². The summed E-state index contributed by atoms with van der Waals surface area (Å²) in [5.41, 5.74) is 2.54. The smallest absolute Gasteiger partial charge is 0.227 e. The van der Waals surface area contributed by atoms with Gasteiger partial charge in [-0.25, -0.2) is 13.1 Å². The van der Waals surface area contributed by atoms with Crippen LogP contribution in [0, 0.1) is 6.92 Å². The molecule has 1 N–H and O–H groups in total. The summed E-state index contributed by atoms with van der Waals surface area (Å²) in [6.45, 7) is 8.07. The quantitative estimate of drug-likeness (QED) is 0.541. The maximum absolute atomic E-state index is 13.5. The molecular weight excluding hydrogens is 430 g/mol. The van der Waals surface area contributed by atoms with Crippen LogP contribution in [0.5, 0.6) is 5.75 Å². The Hall–Kier alpha value is -2.75. The number of aryl methyl sites for hydroxylation is 1. The van der Waals surface area contributed by atoms with Crippen molar-refractivity contribution in [1.82, 2.24) is 15.0 Å². The molecule has 9 heteroatoms. The number of hydrogen-bond donors (Lipinski definition) is 1. The van der Waals surface area contributed by atoms with Gasteiger partial charge in [-0.05, 0) is 47.7 Å². The van der Waals surface area contributed by atoms with Crippen LogP contribution in [0.15, 0.2) is 52.4 Å². The second kappa shape index (κ2) is 9.01. The average molecular weight is 460 g/mol. The molecule has 0 aliphatic carbocycles. The number of sulfone groups is 1. The summed E-state index contributed by atoms with van der Waals surface area (Å²) in [6, 6.07) is 12.2. The van der Waals surface area contributed by atoms with Gasteiger partial charge >= 0.3 is 0 Å². The minimum atomic E-state index is -4.00. The summed E-state index contributed by atoms with van der Waals surface area (Å²) in [5.74, 6) is 0.493. The van der Waals surface area contributed by atoms with E-state index < -0.39 is 16.1 Å². The van der Waals surface area contributed by atoms with Crippen molar-refractivity contribution >= 4 is 9.84 Å². The normalized spacial score (nSPS) is 13.2. The molecule has 32 heavy (non-hydrogen) atoms. The van der Waals surface area contributed by atoms with Crippen LogP contribution in [-0.4, -0.2) is 49.0 Å². The number of methoxy groups -OCH3 is 2. The molecule has 0 bridgehead atoms. The van der Waals surface area contributed by atoms with Gasteiger partial charge in [0, 0.05) is 13.5 Å². The number of hydrogen-bond acceptors (Lipinski definition) is 7. The number of nitrogens with zero attached hydrogens (tertiary/aromatic N) is 3. The van der Waals surface area contributed by atoms with Gasteiger partial charge in [-0.3, -0.25) is 0 Å². The third-order valence-electron chi connectivity index (χ3n) is 5.22. The van der Waals surface area contributed by atoms with Crippen LogP contribution in [0.2, 0.25) is 0 Å². The summed E-state index contributed by atoms with van der Waals surface area (Å²) in [6.07, 6.45) is -1.37. The lowest BCUT2D eigenvalue weighted by atomic mass is 9.87. The molecule has 1 aromatic heterocycles. The highest BCUT2D eigenvalue weighted by Gasteiger charge is 2.30. The molecule has 0 fully saturated rings. The van der Waals surface area contributed by atoms with Gasteiger partial charge in [0.05, 0.1) is 17.7 Å². The maximum Gasteiger partial charge on any atom is 0.227 e. The Bertz CT molecular complexity index is 1200. The summed E-state index contributed by atoms with van der Waals surface area (Å²) in [4.78, 5) is 0.0990. The molecule has 1 unspecified atom stereocenters. The molecule has 0 spiro atoms. The van der Waals surface area contributed by atoms with Gasteiger partial charge in [0.15, 0.2) is 6.29 Å². The van der Waals surface area contributed by atoms with E-state index >= 15 is 0 Å². The van der Waals surface area contributed by atoms with Crippen molar-refractivity contribution in [3.8, 4) is 11.4 Å². The lowest BCUT2D eigenvalue weighted by molar-refractivity contribution is -0.0732. The number of ether oxygens (including phenoxy) is 2. The van der Waals surface area contributed by atoms with E-state index in [-0.39, 0.29) is 27.5 Å². The highest BCUT2D eigenvalue weighted by Crippen LogP contribution is 2.30. The fourth-order valence-electron chi connectivity index (χ4n) is 3.32. The Kier molecular flexibility index (Phi) is 6.73. The molecule has 0 amide bonds. The van der Waals surface area contributed by atoms with Crippen LogP contribution < -0.4 is 4.74 Å². The minimum Gasteiger partial charge on any atom is -0.494 e. The summed E-state index contributed by atoms with van der Waals surface area (Å²) in [5, 5.41) is 18.0. The van der Waals surface area contributed by atoms with E-state index in [9.17, 15) is 13.5 Å². The molecule has 172 valence electrons. The number of aliphatic hydroxyl groups excluding tert-OH is 1. The number of aliphatic hydroxyl groups is 1. The average Bonchev–Trinajstić information content (AvgIpc) is 3.17. The zero-order valence-corrected chi connectivity index (χ0v) is 20.0. The number of benzene rings is 2. The fourth-order valence-corrected chi connectivity index (χ4v) is 4.67. The van der Waals surface area contributed by atoms with Crippen molar-refractivity contribution in [2.75, 3.05) is 14.2 Å². The Morgan fingerprint density at radius 1 is 1.09 bits per heavy atom. The molecular formula is C23H29N3O5S. The molecule has 0 aliphatic heterocycles. The highest BCUT2D eigenvalue weighted by atomic mass is 32.2. The molecule has 3 aromatic rings. The SMILES string of the molecule is COc1ccc(C)cc1-n1nnc(S(=O)(=O)c2ccc(C(C)(C)C)cc2)c1CC(O)OC. The van der Waals surface area contributed by atoms with Crippen molar-refractivity contribution in [1.29, 1.82) is 0 Å². The van der Waals surface area contributed by atoms with E-state index in [4.69, 9.17) is 9.47 Å². The van der Waals surface area contributed by atoms with E-state index in [1.807, 2.05) is 19.1 Å². The van der Waals surface area contributed by atoms with Crippen LogP contribution in [0.4, 0.5) is 0 Å². The predicted octanol–water partition coefficient (Wildman–Crippen LogP) is 3.22. The van der Waals surface area contributed by atoms with Crippen LogP contribution in [0.25, 0.3) is 5.69 Å². The second-order valence-corrected chi connectivity index (χ2v) is 10.5. The number of aromatic nitrogens is 3. The van der Waals surface area contributed by atoms with Gasteiger partial charge in [-0.1, -0.05) is 44.2 Å². The second-order valence-electron chi connectivity index (χ2n) is 8.60. The van der Waals surface area contributed by atoms with Gasteiger partial charge in [0.25, 0.3) is 0 Å². The first kappa shape index (κ1) is 23.9. The molecule has 0 saturated heterocycles. The van der Waals surface area contributed by atoms with Crippen molar-refractivity contribution in [3.63, 3.8) is 0 Å². The van der Waals surface area contributed by atoms with E-state index in [0.717, 1.165) is 11.1 Å². The highest BCUT2D eigenvalue weighted by molar-refractivity contribution is 7.91. The molecule has 1 atom stereocenters. The number of rotatable bonds is 7. The molecule has 0 saturated carbocycles. The van der Waals surface area contributed by atoms with Gasteiger partial charge in [-0.2, -0.15) is 0 Å². The maximum atomic E-state index is 13.5. The largest absolute Gasteiger partial charge is 0.494 e.